The lowest BCUT2D eigenvalue weighted by Crippen LogP contribution is -2.33. The number of aromatic nitrogens is 2. The van der Waals surface area contributed by atoms with E-state index in [0.29, 0.717) is 10.6 Å². The van der Waals surface area contributed by atoms with E-state index in [1.54, 1.807) is 0 Å². The van der Waals surface area contributed by atoms with Gasteiger partial charge in [-0.25, -0.2) is 9.37 Å². The molecule has 0 aliphatic rings. The van der Waals surface area contributed by atoms with E-state index in [2.05, 4.69) is 4.98 Å². The number of rotatable bonds is 2. The van der Waals surface area contributed by atoms with Crippen molar-refractivity contribution in [3.8, 4) is 0 Å². The number of carbonyl (C=O) groups excluding carboxylic acids is 1. The van der Waals surface area contributed by atoms with Gasteiger partial charge in [-0.1, -0.05) is 0 Å². The van der Waals surface area contributed by atoms with Crippen molar-refractivity contribution in [3.05, 3.63) is 62.8 Å². The molecule has 5 nitrogen and oxygen atoms in total. The van der Waals surface area contributed by atoms with Crippen LogP contribution in [0.5, 0.6) is 0 Å². The molecular formula is C16H14FN3O2S. The first-order valence-electron chi connectivity index (χ1n) is 6.91. The van der Waals surface area contributed by atoms with Crippen LogP contribution in [0.4, 0.5) is 10.1 Å². The zero-order valence-corrected chi connectivity index (χ0v) is 13.6. The van der Waals surface area contributed by atoms with Crippen LogP contribution in [-0.2, 0) is 0 Å². The summed E-state index contributed by atoms with van der Waals surface area (Å²) in [5.74, 6) is -0.867. The molecule has 118 valence electrons. The van der Waals surface area contributed by atoms with Crippen LogP contribution in [0, 0.1) is 19.7 Å². The molecule has 2 aromatic heterocycles. The van der Waals surface area contributed by atoms with Crippen LogP contribution >= 0.6 is 11.3 Å². The molecule has 1 aromatic carbocycles. The Kier molecular flexibility index (Phi) is 3.73. The zero-order chi connectivity index (χ0) is 16.7. The third kappa shape index (κ3) is 2.53. The fourth-order valence-corrected chi connectivity index (χ4v) is 3.21. The van der Waals surface area contributed by atoms with Gasteiger partial charge in [0.15, 0.2) is 4.96 Å². The Bertz CT molecular complexity index is 960. The molecule has 7 heteroatoms. The Morgan fingerprint density at radius 2 is 1.91 bits per heavy atom. The normalized spacial score (nSPS) is 11.0. The number of anilines is 1. The third-order valence-corrected chi connectivity index (χ3v) is 4.84. The summed E-state index contributed by atoms with van der Waals surface area (Å²) in [7, 11) is 1.54. The number of thiazole rings is 1. The van der Waals surface area contributed by atoms with Crippen LogP contribution in [0.25, 0.3) is 4.96 Å². The number of carbonyl (C=O) groups is 1. The van der Waals surface area contributed by atoms with Gasteiger partial charge in [0.25, 0.3) is 11.5 Å². The topological polar surface area (TPSA) is 54.7 Å². The van der Waals surface area contributed by atoms with Gasteiger partial charge in [0.1, 0.15) is 11.4 Å². The minimum absolute atomic E-state index is 0.0183. The van der Waals surface area contributed by atoms with Gasteiger partial charge in [-0.15, -0.1) is 11.3 Å². The van der Waals surface area contributed by atoms with E-state index in [9.17, 15) is 14.0 Å². The maximum Gasteiger partial charge on any atom is 0.271 e. The van der Waals surface area contributed by atoms with Gasteiger partial charge in [0, 0.05) is 29.5 Å². The minimum Gasteiger partial charge on any atom is -0.311 e. The zero-order valence-electron chi connectivity index (χ0n) is 12.8. The second kappa shape index (κ2) is 5.58. The van der Waals surface area contributed by atoms with Crippen LogP contribution < -0.4 is 10.5 Å². The molecule has 0 saturated heterocycles. The molecule has 0 radical (unpaired) electrons. The van der Waals surface area contributed by atoms with Crippen LogP contribution in [0.1, 0.15) is 20.9 Å². The van der Waals surface area contributed by atoms with Gasteiger partial charge in [-0.05, 0) is 38.1 Å². The van der Waals surface area contributed by atoms with Crippen molar-refractivity contribution in [2.75, 3.05) is 11.9 Å². The predicted octanol–water partition coefficient (Wildman–Crippen LogP) is 2.79. The average Bonchev–Trinajstić information content (AvgIpc) is 2.82. The number of aryl methyl sites for hydroxylation is 2. The Labute approximate surface area is 135 Å². The third-order valence-electron chi connectivity index (χ3n) is 3.77. The highest BCUT2D eigenvalue weighted by atomic mass is 32.1. The molecule has 0 aliphatic carbocycles. The average molecular weight is 331 g/mol. The molecule has 1 amide bonds. The van der Waals surface area contributed by atoms with Crippen LogP contribution in [-0.4, -0.2) is 22.3 Å². The summed E-state index contributed by atoms with van der Waals surface area (Å²) in [5, 5.41) is 0. The van der Waals surface area contributed by atoms with E-state index in [1.165, 1.54) is 58.1 Å². The summed E-state index contributed by atoms with van der Waals surface area (Å²) in [6.07, 6.45) is 1.30. The van der Waals surface area contributed by atoms with E-state index in [0.717, 1.165) is 10.6 Å². The molecule has 0 spiro atoms. The lowest BCUT2D eigenvalue weighted by atomic mass is 10.2. The van der Waals surface area contributed by atoms with E-state index >= 15 is 0 Å². The minimum atomic E-state index is -0.480. The molecule has 0 fully saturated rings. The molecule has 0 aliphatic heterocycles. The molecule has 0 bridgehead atoms. The number of halogens is 1. The second-order valence-corrected chi connectivity index (χ2v) is 6.36. The van der Waals surface area contributed by atoms with Gasteiger partial charge in [0.05, 0.1) is 0 Å². The van der Waals surface area contributed by atoms with E-state index in [-0.39, 0.29) is 11.4 Å². The molecule has 2 heterocycles. The number of fused-ring (bicyclic) bond motifs is 1. The van der Waals surface area contributed by atoms with Gasteiger partial charge in [-0.3, -0.25) is 14.0 Å². The van der Waals surface area contributed by atoms with Crippen molar-refractivity contribution < 1.29 is 9.18 Å². The van der Waals surface area contributed by atoms with Crippen LogP contribution in [0.15, 0.2) is 35.3 Å². The predicted molar refractivity (Wildman–Crippen MR) is 87.9 cm³/mol. The summed E-state index contributed by atoms with van der Waals surface area (Å²) >= 11 is 1.40. The molecule has 0 unspecified atom stereocenters. The van der Waals surface area contributed by atoms with Crippen molar-refractivity contribution >= 4 is 27.9 Å². The van der Waals surface area contributed by atoms with Crippen molar-refractivity contribution in [2.45, 2.75) is 13.8 Å². The maximum absolute atomic E-state index is 13.0. The molecule has 0 saturated carbocycles. The summed E-state index contributed by atoms with van der Waals surface area (Å²) in [6, 6.07) is 5.49. The summed E-state index contributed by atoms with van der Waals surface area (Å²) in [6.45, 7) is 3.72. The molecular weight excluding hydrogens is 317 g/mol. The van der Waals surface area contributed by atoms with Crippen molar-refractivity contribution in [1.82, 2.24) is 9.38 Å². The molecule has 0 N–H and O–H groups in total. The van der Waals surface area contributed by atoms with Crippen LogP contribution in [0.2, 0.25) is 0 Å². The second-order valence-electron chi connectivity index (χ2n) is 5.18. The Hall–Kier alpha value is -2.54. The standard InChI is InChI=1S/C16H14FN3O2S/c1-9-10(2)23-16-18-8-13(15(22)20(9)16)14(21)19(3)12-6-4-11(17)5-7-12/h4-8H,1-3H3. The van der Waals surface area contributed by atoms with Gasteiger partial charge in [0.2, 0.25) is 0 Å². The Morgan fingerprint density at radius 1 is 1.26 bits per heavy atom. The largest absolute Gasteiger partial charge is 0.311 e. The molecule has 3 aromatic rings. The fourth-order valence-electron chi connectivity index (χ4n) is 2.29. The van der Waals surface area contributed by atoms with E-state index in [1.807, 2.05) is 13.8 Å². The molecule has 0 atom stereocenters. The van der Waals surface area contributed by atoms with E-state index in [4.69, 9.17) is 0 Å². The first kappa shape index (κ1) is 15.4. The number of hydrogen-bond acceptors (Lipinski definition) is 4. The van der Waals surface area contributed by atoms with Crippen molar-refractivity contribution in [2.24, 2.45) is 0 Å². The Balaban J connectivity index is 2.07. The number of benzene rings is 1. The highest BCUT2D eigenvalue weighted by Gasteiger charge is 2.20. The Morgan fingerprint density at radius 3 is 2.57 bits per heavy atom. The smallest absolute Gasteiger partial charge is 0.271 e. The van der Waals surface area contributed by atoms with Gasteiger partial charge < -0.3 is 4.90 Å². The fraction of sp³-hybridized carbons (Fsp3) is 0.188. The first-order chi connectivity index (χ1) is 10.9. The SMILES string of the molecule is Cc1sc2ncc(C(=O)N(C)c3ccc(F)cc3)c(=O)n2c1C. The highest BCUT2D eigenvalue weighted by Crippen LogP contribution is 2.19. The number of nitrogens with zero attached hydrogens (tertiary/aromatic N) is 3. The lowest BCUT2D eigenvalue weighted by Gasteiger charge is -2.16. The quantitative estimate of drug-likeness (QED) is 0.725. The van der Waals surface area contributed by atoms with Gasteiger partial charge in [-0.2, -0.15) is 0 Å². The van der Waals surface area contributed by atoms with Crippen molar-refractivity contribution in [1.29, 1.82) is 0 Å². The maximum atomic E-state index is 13.0. The summed E-state index contributed by atoms with van der Waals surface area (Å²) in [5.41, 5.74) is 0.867. The van der Waals surface area contributed by atoms with Gasteiger partial charge >= 0.3 is 0 Å². The molecule has 23 heavy (non-hydrogen) atoms. The summed E-state index contributed by atoms with van der Waals surface area (Å²) in [4.78, 5) is 32.3. The van der Waals surface area contributed by atoms with E-state index < -0.39 is 11.5 Å². The lowest BCUT2D eigenvalue weighted by molar-refractivity contribution is 0.0991. The number of hydrogen-bond donors (Lipinski definition) is 0. The monoisotopic (exact) mass is 331 g/mol. The van der Waals surface area contributed by atoms with Crippen LogP contribution in [0.3, 0.4) is 0 Å². The highest BCUT2D eigenvalue weighted by molar-refractivity contribution is 7.17. The molecule has 3 rings (SSSR count). The van der Waals surface area contributed by atoms with Crippen molar-refractivity contribution in [3.63, 3.8) is 0 Å². The summed E-state index contributed by atoms with van der Waals surface area (Å²) < 4.78 is 14.4. The first-order valence-corrected chi connectivity index (χ1v) is 7.73. The number of amides is 1.